The maximum atomic E-state index is 13.5. The van der Waals surface area contributed by atoms with Gasteiger partial charge in [0.2, 0.25) is 0 Å². The summed E-state index contributed by atoms with van der Waals surface area (Å²) < 4.78 is 26.3. The fraction of sp³-hybridized carbons (Fsp3) is 0.538. The highest BCUT2D eigenvalue weighted by atomic mass is 19.1. The van der Waals surface area contributed by atoms with E-state index in [9.17, 15) is 8.78 Å². The van der Waals surface area contributed by atoms with E-state index in [1.807, 2.05) is 0 Å². The molecule has 0 saturated carbocycles. The predicted octanol–water partition coefficient (Wildman–Crippen LogP) is 1.80. The number of nitrogens with zero attached hydrogens (tertiary/aromatic N) is 1. The summed E-state index contributed by atoms with van der Waals surface area (Å²) in [5.74, 6) is -0.972. The molecular formula is C13H18F2N2. The molecule has 0 aromatic heterocycles. The first kappa shape index (κ1) is 12.5. The minimum Gasteiger partial charge on any atom is -0.311 e. The van der Waals surface area contributed by atoms with E-state index in [1.165, 1.54) is 12.1 Å². The van der Waals surface area contributed by atoms with E-state index in [1.54, 1.807) is 0 Å². The Hall–Kier alpha value is -1.00. The number of hydrogen-bond acceptors (Lipinski definition) is 2. The lowest BCUT2D eigenvalue weighted by Crippen LogP contribution is -2.55. The second-order valence-corrected chi connectivity index (χ2v) is 4.72. The van der Waals surface area contributed by atoms with Crippen LogP contribution >= 0.6 is 0 Å². The lowest BCUT2D eigenvalue weighted by molar-refractivity contribution is 0.163. The molecule has 1 heterocycles. The molecule has 0 bridgehead atoms. The minimum atomic E-state index is -0.520. The van der Waals surface area contributed by atoms with Crippen molar-refractivity contribution in [3.05, 3.63) is 35.4 Å². The number of piperazine rings is 1. The van der Waals surface area contributed by atoms with Crippen LogP contribution in [0.4, 0.5) is 8.78 Å². The number of rotatable bonds is 2. The summed E-state index contributed by atoms with van der Waals surface area (Å²) in [6.07, 6.45) is 0.595. The Morgan fingerprint density at radius 3 is 2.88 bits per heavy atom. The zero-order valence-electron chi connectivity index (χ0n) is 10.2. The summed E-state index contributed by atoms with van der Waals surface area (Å²) >= 11 is 0. The molecule has 0 amide bonds. The van der Waals surface area contributed by atoms with Crippen molar-refractivity contribution in [1.82, 2.24) is 10.2 Å². The molecule has 1 fully saturated rings. The van der Waals surface area contributed by atoms with Crippen LogP contribution in [0.15, 0.2) is 18.2 Å². The van der Waals surface area contributed by atoms with Crippen LogP contribution in [0.25, 0.3) is 0 Å². The summed E-state index contributed by atoms with van der Waals surface area (Å²) in [7, 11) is 2.07. The van der Waals surface area contributed by atoms with Gasteiger partial charge in [-0.15, -0.1) is 0 Å². The molecule has 2 rings (SSSR count). The van der Waals surface area contributed by atoms with Crippen LogP contribution in [0.1, 0.15) is 12.5 Å². The van der Waals surface area contributed by atoms with Crippen LogP contribution in [0.2, 0.25) is 0 Å². The van der Waals surface area contributed by atoms with Crippen molar-refractivity contribution >= 4 is 0 Å². The largest absolute Gasteiger partial charge is 0.311 e. The average Bonchev–Trinajstić information content (AvgIpc) is 2.28. The van der Waals surface area contributed by atoms with E-state index in [0.717, 1.165) is 19.2 Å². The van der Waals surface area contributed by atoms with Gasteiger partial charge in [0.25, 0.3) is 0 Å². The van der Waals surface area contributed by atoms with Crippen LogP contribution in [-0.2, 0) is 6.42 Å². The molecule has 1 aromatic carbocycles. The first-order valence-corrected chi connectivity index (χ1v) is 5.95. The van der Waals surface area contributed by atoms with Gasteiger partial charge in [0.1, 0.15) is 11.6 Å². The summed E-state index contributed by atoms with van der Waals surface area (Å²) in [4.78, 5) is 2.25. The normalized spacial score (nSPS) is 26.1. The molecule has 0 aliphatic carbocycles. The summed E-state index contributed by atoms with van der Waals surface area (Å²) in [5, 5.41) is 3.39. The average molecular weight is 240 g/mol. The van der Waals surface area contributed by atoms with Gasteiger partial charge in [-0.1, -0.05) is 6.07 Å². The molecule has 0 spiro atoms. The molecule has 94 valence electrons. The van der Waals surface area contributed by atoms with Crippen molar-refractivity contribution in [1.29, 1.82) is 0 Å². The molecule has 1 aromatic rings. The van der Waals surface area contributed by atoms with Gasteiger partial charge in [0.15, 0.2) is 0 Å². The molecule has 4 heteroatoms. The highest BCUT2D eigenvalue weighted by Crippen LogP contribution is 2.16. The number of halogens is 2. The first-order chi connectivity index (χ1) is 8.08. The van der Waals surface area contributed by atoms with Crippen LogP contribution < -0.4 is 5.32 Å². The maximum Gasteiger partial charge on any atom is 0.129 e. The number of nitrogens with one attached hydrogen (secondary N) is 1. The number of likely N-dealkylation sites (N-methyl/N-ethyl adjacent to an activating group) is 1. The molecule has 1 aliphatic rings. The van der Waals surface area contributed by atoms with Gasteiger partial charge in [-0.3, -0.25) is 0 Å². The summed E-state index contributed by atoms with van der Waals surface area (Å²) in [6, 6.07) is 4.37. The predicted molar refractivity (Wildman–Crippen MR) is 63.9 cm³/mol. The third kappa shape index (κ3) is 2.82. The third-order valence-electron chi connectivity index (χ3n) is 3.60. The molecule has 0 radical (unpaired) electrons. The topological polar surface area (TPSA) is 15.3 Å². The van der Waals surface area contributed by atoms with E-state index < -0.39 is 11.6 Å². The highest BCUT2D eigenvalue weighted by Gasteiger charge is 2.25. The highest BCUT2D eigenvalue weighted by molar-refractivity contribution is 5.20. The second-order valence-electron chi connectivity index (χ2n) is 4.72. The smallest absolute Gasteiger partial charge is 0.129 e. The Morgan fingerprint density at radius 1 is 1.41 bits per heavy atom. The van der Waals surface area contributed by atoms with Crippen LogP contribution in [-0.4, -0.2) is 37.1 Å². The molecule has 2 atom stereocenters. The lowest BCUT2D eigenvalue weighted by Gasteiger charge is -2.38. The fourth-order valence-electron chi connectivity index (χ4n) is 2.27. The molecule has 1 N–H and O–H groups in total. The van der Waals surface area contributed by atoms with E-state index in [4.69, 9.17) is 0 Å². The van der Waals surface area contributed by atoms with E-state index in [0.29, 0.717) is 18.0 Å². The zero-order chi connectivity index (χ0) is 12.4. The monoisotopic (exact) mass is 240 g/mol. The Bertz CT molecular complexity index is 395. The molecule has 1 saturated heterocycles. The van der Waals surface area contributed by atoms with Crippen LogP contribution in [0.5, 0.6) is 0 Å². The minimum absolute atomic E-state index is 0.216. The fourth-order valence-corrected chi connectivity index (χ4v) is 2.27. The Kier molecular flexibility index (Phi) is 3.74. The number of hydrogen-bond donors (Lipinski definition) is 1. The molecule has 2 nitrogen and oxygen atoms in total. The van der Waals surface area contributed by atoms with E-state index in [2.05, 4.69) is 24.2 Å². The Labute approximate surface area is 101 Å². The standard InChI is InChI=1S/C13H18F2N2/c1-9-13(16-5-6-17(9)2)7-10-3-4-11(14)8-12(10)15/h3-4,8-9,13,16H,5-7H2,1-2H3. The first-order valence-electron chi connectivity index (χ1n) is 5.95. The molecular weight excluding hydrogens is 222 g/mol. The van der Waals surface area contributed by atoms with Gasteiger partial charge in [-0.05, 0) is 32.0 Å². The second kappa shape index (κ2) is 5.10. The van der Waals surface area contributed by atoms with Crippen molar-refractivity contribution in [3.63, 3.8) is 0 Å². The number of benzene rings is 1. The van der Waals surface area contributed by atoms with Gasteiger partial charge in [-0.25, -0.2) is 8.78 Å². The van der Waals surface area contributed by atoms with E-state index >= 15 is 0 Å². The zero-order valence-corrected chi connectivity index (χ0v) is 10.2. The van der Waals surface area contributed by atoms with Crippen LogP contribution in [0.3, 0.4) is 0 Å². The van der Waals surface area contributed by atoms with Gasteiger partial charge < -0.3 is 10.2 Å². The Morgan fingerprint density at radius 2 is 2.18 bits per heavy atom. The molecule has 2 unspecified atom stereocenters. The van der Waals surface area contributed by atoms with Crippen LogP contribution in [0, 0.1) is 11.6 Å². The van der Waals surface area contributed by atoms with Gasteiger partial charge in [0.05, 0.1) is 0 Å². The summed E-state index contributed by atoms with van der Waals surface area (Å²) in [6.45, 7) is 4.04. The summed E-state index contributed by atoms with van der Waals surface area (Å²) in [5.41, 5.74) is 0.575. The molecule has 17 heavy (non-hydrogen) atoms. The van der Waals surface area contributed by atoms with Gasteiger partial charge in [-0.2, -0.15) is 0 Å². The van der Waals surface area contributed by atoms with Crippen molar-refractivity contribution in [2.45, 2.75) is 25.4 Å². The lowest BCUT2D eigenvalue weighted by atomic mass is 9.97. The van der Waals surface area contributed by atoms with Crippen molar-refractivity contribution in [2.75, 3.05) is 20.1 Å². The quantitative estimate of drug-likeness (QED) is 0.848. The molecule has 1 aliphatic heterocycles. The maximum absolute atomic E-state index is 13.5. The van der Waals surface area contributed by atoms with Crippen molar-refractivity contribution < 1.29 is 8.78 Å². The van der Waals surface area contributed by atoms with Gasteiger partial charge >= 0.3 is 0 Å². The third-order valence-corrected chi connectivity index (χ3v) is 3.60. The van der Waals surface area contributed by atoms with Crippen molar-refractivity contribution in [3.8, 4) is 0 Å². The SMILES string of the molecule is CC1C(Cc2ccc(F)cc2F)NCCN1C. The van der Waals surface area contributed by atoms with Gasteiger partial charge in [0, 0.05) is 31.2 Å². The van der Waals surface area contributed by atoms with Crippen molar-refractivity contribution in [2.24, 2.45) is 0 Å². The Balaban J connectivity index is 2.09. The van der Waals surface area contributed by atoms with E-state index in [-0.39, 0.29) is 6.04 Å².